The molecule has 1 aromatic heterocycles. The quantitative estimate of drug-likeness (QED) is 0.804. The molecule has 2 heterocycles. The fraction of sp³-hybridized carbons (Fsp3) is 0.467. The highest BCUT2D eigenvalue weighted by molar-refractivity contribution is 7.89. The van der Waals surface area contributed by atoms with Gasteiger partial charge >= 0.3 is 0 Å². The third-order valence-electron chi connectivity index (χ3n) is 4.13. The Balaban J connectivity index is 1.94. The van der Waals surface area contributed by atoms with Crippen LogP contribution in [0.2, 0.25) is 0 Å². The van der Waals surface area contributed by atoms with Crippen LogP contribution < -0.4 is 4.74 Å². The highest BCUT2D eigenvalue weighted by Crippen LogP contribution is 2.31. The van der Waals surface area contributed by atoms with Gasteiger partial charge in [-0.3, -0.25) is 0 Å². The molecule has 0 N–H and O–H groups in total. The number of hydrogen-bond acceptors (Lipinski definition) is 6. The van der Waals surface area contributed by atoms with E-state index in [-0.39, 0.29) is 4.90 Å². The van der Waals surface area contributed by atoms with E-state index >= 15 is 0 Å². The van der Waals surface area contributed by atoms with Crippen LogP contribution >= 0.6 is 0 Å². The predicted molar refractivity (Wildman–Crippen MR) is 86.0 cm³/mol. The van der Waals surface area contributed by atoms with Gasteiger partial charge in [0.1, 0.15) is 12.4 Å². The van der Waals surface area contributed by atoms with Gasteiger partial charge in [0.2, 0.25) is 10.0 Å². The Kier molecular flexibility index (Phi) is 4.57. The fourth-order valence-electron chi connectivity index (χ4n) is 2.88. The van der Waals surface area contributed by atoms with Gasteiger partial charge in [-0.1, -0.05) is 6.07 Å². The van der Waals surface area contributed by atoms with E-state index in [4.69, 9.17) is 9.47 Å². The zero-order valence-corrected chi connectivity index (χ0v) is 14.7. The first-order chi connectivity index (χ1) is 11.5. The molecule has 1 aliphatic heterocycles. The fourth-order valence-corrected chi connectivity index (χ4v) is 4.50. The van der Waals surface area contributed by atoms with Crippen molar-refractivity contribution in [3.05, 3.63) is 35.9 Å². The summed E-state index contributed by atoms with van der Waals surface area (Å²) >= 11 is 0. The Morgan fingerprint density at radius 2 is 2.04 bits per heavy atom. The van der Waals surface area contributed by atoms with E-state index in [9.17, 15) is 8.42 Å². The Bertz CT molecular complexity index is 834. The minimum atomic E-state index is -3.65. The molecule has 0 amide bonds. The van der Waals surface area contributed by atoms with Crippen molar-refractivity contribution in [2.75, 3.05) is 20.8 Å². The molecular weight excluding hydrogens is 332 g/mol. The molecule has 0 spiro atoms. The summed E-state index contributed by atoms with van der Waals surface area (Å²) in [6.45, 7) is 3.01. The SMILES string of the molecule is COCc1nnc2n1CCN(S(=O)(=O)c1cccc(OC)c1)[C@@H]2C. The van der Waals surface area contributed by atoms with Crippen LogP contribution in [0.25, 0.3) is 0 Å². The molecule has 0 bridgehead atoms. The Morgan fingerprint density at radius 1 is 1.25 bits per heavy atom. The maximum Gasteiger partial charge on any atom is 0.243 e. The second-order valence-corrected chi connectivity index (χ2v) is 7.42. The first-order valence-electron chi connectivity index (χ1n) is 7.56. The highest BCUT2D eigenvalue weighted by Gasteiger charge is 2.36. The standard InChI is InChI=1S/C15H20N4O4S/c1-11-15-17-16-14(10-22-2)18(15)7-8-19(11)24(20,21)13-6-4-5-12(9-13)23-3/h4-6,9,11H,7-8,10H2,1-3H3/t11-/m1/s1. The number of rotatable bonds is 5. The van der Waals surface area contributed by atoms with Gasteiger partial charge in [0, 0.05) is 26.3 Å². The number of benzene rings is 1. The average molecular weight is 352 g/mol. The molecule has 1 aliphatic rings. The van der Waals surface area contributed by atoms with E-state index in [0.29, 0.717) is 37.1 Å². The Labute approximate surface area is 141 Å². The lowest BCUT2D eigenvalue weighted by molar-refractivity contribution is 0.170. The normalized spacial score (nSPS) is 18.4. The lowest BCUT2D eigenvalue weighted by Crippen LogP contribution is -2.41. The lowest BCUT2D eigenvalue weighted by atomic mass is 10.2. The monoisotopic (exact) mass is 352 g/mol. The summed E-state index contributed by atoms with van der Waals surface area (Å²) in [4.78, 5) is 0.207. The second-order valence-electron chi connectivity index (χ2n) is 5.53. The summed E-state index contributed by atoms with van der Waals surface area (Å²) in [6.07, 6.45) is 0. The topological polar surface area (TPSA) is 86.6 Å². The third kappa shape index (κ3) is 2.79. The number of ether oxygens (including phenoxy) is 2. The molecule has 1 aromatic carbocycles. The maximum absolute atomic E-state index is 13.0. The Morgan fingerprint density at radius 3 is 2.75 bits per heavy atom. The summed E-state index contributed by atoms with van der Waals surface area (Å²) in [5, 5.41) is 8.25. The van der Waals surface area contributed by atoms with Crippen LogP contribution in [0, 0.1) is 0 Å². The maximum atomic E-state index is 13.0. The smallest absolute Gasteiger partial charge is 0.243 e. The molecule has 24 heavy (non-hydrogen) atoms. The van der Waals surface area contributed by atoms with Crippen molar-refractivity contribution in [2.24, 2.45) is 0 Å². The van der Waals surface area contributed by atoms with Crippen LogP contribution in [0.15, 0.2) is 29.2 Å². The molecule has 3 rings (SSSR count). The molecule has 8 nitrogen and oxygen atoms in total. The van der Waals surface area contributed by atoms with Crippen LogP contribution in [-0.2, 0) is 27.9 Å². The van der Waals surface area contributed by atoms with Gasteiger partial charge in [0.15, 0.2) is 11.6 Å². The van der Waals surface area contributed by atoms with Crippen molar-refractivity contribution in [3.8, 4) is 5.75 Å². The van der Waals surface area contributed by atoms with Crippen molar-refractivity contribution in [2.45, 2.75) is 31.0 Å². The van der Waals surface area contributed by atoms with Crippen molar-refractivity contribution in [3.63, 3.8) is 0 Å². The van der Waals surface area contributed by atoms with E-state index in [1.165, 1.54) is 17.5 Å². The number of nitrogens with zero attached hydrogens (tertiary/aromatic N) is 4. The van der Waals surface area contributed by atoms with Crippen molar-refractivity contribution < 1.29 is 17.9 Å². The van der Waals surface area contributed by atoms with Gasteiger partial charge in [0.25, 0.3) is 0 Å². The van der Waals surface area contributed by atoms with Crippen LogP contribution in [0.4, 0.5) is 0 Å². The van der Waals surface area contributed by atoms with Crippen LogP contribution in [0.1, 0.15) is 24.6 Å². The minimum Gasteiger partial charge on any atom is -0.497 e. The van der Waals surface area contributed by atoms with Gasteiger partial charge in [-0.2, -0.15) is 4.31 Å². The molecule has 1 atom stereocenters. The summed E-state index contributed by atoms with van der Waals surface area (Å²) < 4.78 is 39.6. The molecule has 0 unspecified atom stereocenters. The van der Waals surface area contributed by atoms with Gasteiger partial charge in [0.05, 0.1) is 18.0 Å². The van der Waals surface area contributed by atoms with Crippen molar-refractivity contribution >= 4 is 10.0 Å². The van der Waals surface area contributed by atoms with Crippen LogP contribution in [0.5, 0.6) is 5.75 Å². The molecule has 2 aromatic rings. The van der Waals surface area contributed by atoms with E-state index in [2.05, 4.69) is 10.2 Å². The molecule has 0 saturated carbocycles. The Hall–Kier alpha value is -1.97. The van der Waals surface area contributed by atoms with E-state index in [0.717, 1.165) is 0 Å². The third-order valence-corrected chi connectivity index (χ3v) is 6.09. The number of methoxy groups -OCH3 is 2. The number of fused-ring (bicyclic) bond motifs is 1. The van der Waals surface area contributed by atoms with Gasteiger partial charge in [-0.25, -0.2) is 8.42 Å². The van der Waals surface area contributed by atoms with Crippen molar-refractivity contribution in [1.29, 1.82) is 0 Å². The van der Waals surface area contributed by atoms with E-state index in [1.807, 2.05) is 11.5 Å². The largest absolute Gasteiger partial charge is 0.497 e. The van der Waals surface area contributed by atoms with Crippen molar-refractivity contribution in [1.82, 2.24) is 19.1 Å². The second kappa shape index (κ2) is 6.50. The predicted octanol–water partition coefficient (Wildman–Crippen LogP) is 1.20. The summed E-state index contributed by atoms with van der Waals surface area (Å²) in [5.74, 6) is 1.84. The zero-order chi connectivity index (χ0) is 17.3. The van der Waals surface area contributed by atoms with Gasteiger partial charge in [-0.05, 0) is 19.1 Å². The number of sulfonamides is 1. The van der Waals surface area contributed by atoms with Crippen LogP contribution in [0.3, 0.4) is 0 Å². The van der Waals surface area contributed by atoms with Crippen LogP contribution in [-0.4, -0.2) is 48.3 Å². The lowest BCUT2D eigenvalue weighted by Gasteiger charge is -2.32. The van der Waals surface area contributed by atoms with Gasteiger partial charge in [-0.15, -0.1) is 10.2 Å². The molecule has 9 heteroatoms. The minimum absolute atomic E-state index is 0.207. The summed E-state index contributed by atoms with van der Waals surface area (Å²) in [5.41, 5.74) is 0. The number of aromatic nitrogens is 3. The average Bonchev–Trinajstić information content (AvgIpc) is 2.99. The van der Waals surface area contributed by atoms with E-state index < -0.39 is 16.1 Å². The summed E-state index contributed by atoms with van der Waals surface area (Å²) in [7, 11) is -0.549. The molecule has 0 saturated heterocycles. The zero-order valence-electron chi connectivity index (χ0n) is 13.8. The molecule has 0 aliphatic carbocycles. The highest BCUT2D eigenvalue weighted by atomic mass is 32.2. The van der Waals surface area contributed by atoms with E-state index in [1.54, 1.807) is 25.3 Å². The number of hydrogen-bond donors (Lipinski definition) is 0. The first kappa shape index (κ1) is 16.9. The first-order valence-corrected chi connectivity index (χ1v) is 9.00. The molecule has 130 valence electrons. The molecule has 0 fully saturated rings. The molecule has 0 radical (unpaired) electrons. The van der Waals surface area contributed by atoms with Gasteiger partial charge < -0.3 is 14.0 Å². The molecular formula is C15H20N4O4S. The summed E-state index contributed by atoms with van der Waals surface area (Å²) in [6, 6.07) is 6.07.